The van der Waals surface area contributed by atoms with Gasteiger partial charge in [-0.15, -0.1) is 0 Å². The standard InChI is InChI=1S/C28H46N7O4Si/c1-7-8-16-38-26-33-24(29)23-25(34-26)35(27(36)32-23)19-20-11-12-22(31-18-20)37-17-10-9-14-30-15-13-21(28(2,3)4)39-40(5)6/h11-12,18,21,30H,7-10,13-17,19H2,1-6H3,(H,32,36)(H2,29,33,34). The molecule has 11 nitrogen and oxygen atoms in total. The number of pyridine rings is 1. The summed E-state index contributed by atoms with van der Waals surface area (Å²) >= 11 is 0. The van der Waals surface area contributed by atoms with Gasteiger partial charge in [-0.2, -0.15) is 9.97 Å². The van der Waals surface area contributed by atoms with Crippen molar-refractivity contribution >= 4 is 26.0 Å². The fourth-order valence-electron chi connectivity index (χ4n) is 4.16. The summed E-state index contributed by atoms with van der Waals surface area (Å²) in [6, 6.07) is 3.88. The summed E-state index contributed by atoms with van der Waals surface area (Å²) < 4.78 is 19.1. The van der Waals surface area contributed by atoms with Crippen molar-refractivity contribution in [2.45, 2.75) is 85.5 Å². The molecular weight excluding hydrogens is 526 g/mol. The van der Waals surface area contributed by atoms with E-state index in [1.54, 1.807) is 6.20 Å². The summed E-state index contributed by atoms with van der Waals surface area (Å²) in [5.74, 6) is 0.739. The van der Waals surface area contributed by atoms with Gasteiger partial charge in [-0.05, 0) is 62.8 Å². The van der Waals surface area contributed by atoms with Crippen LogP contribution in [0.4, 0.5) is 5.82 Å². The molecule has 0 bridgehead atoms. The smallest absolute Gasteiger partial charge is 0.328 e. The van der Waals surface area contributed by atoms with Crippen LogP contribution in [0.5, 0.6) is 11.9 Å². The van der Waals surface area contributed by atoms with E-state index < -0.39 is 9.04 Å². The number of ether oxygens (including phenoxy) is 2. The van der Waals surface area contributed by atoms with Gasteiger partial charge >= 0.3 is 11.7 Å². The first-order valence-corrected chi connectivity index (χ1v) is 16.6. The summed E-state index contributed by atoms with van der Waals surface area (Å²) in [4.78, 5) is 28.3. The number of nitrogens with zero attached hydrogens (tertiary/aromatic N) is 4. The molecule has 1 unspecified atom stereocenters. The number of nitrogens with one attached hydrogen (secondary N) is 2. The minimum atomic E-state index is -0.710. The summed E-state index contributed by atoms with van der Waals surface area (Å²) in [7, 11) is -0.710. The number of fused-ring (bicyclic) bond motifs is 1. The van der Waals surface area contributed by atoms with E-state index in [9.17, 15) is 4.79 Å². The summed E-state index contributed by atoms with van der Waals surface area (Å²) in [5, 5.41) is 3.53. The van der Waals surface area contributed by atoms with E-state index in [2.05, 4.69) is 66.0 Å². The van der Waals surface area contributed by atoms with Gasteiger partial charge in [-0.25, -0.2) is 9.78 Å². The lowest BCUT2D eigenvalue weighted by Crippen LogP contribution is -2.36. The zero-order chi connectivity index (χ0) is 29.1. The summed E-state index contributed by atoms with van der Waals surface area (Å²) in [5.41, 5.74) is 7.51. The Bertz CT molecular complexity index is 1240. The predicted molar refractivity (Wildman–Crippen MR) is 160 cm³/mol. The van der Waals surface area contributed by atoms with Crippen molar-refractivity contribution in [1.82, 2.24) is 29.8 Å². The Morgan fingerprint density at radius 2 is 1.88 bits per heavy atom. The molecule has 0 aliphatic heterocycles. The van der Waals surface area contributed by atoms with Crippen LogP contribution in [0.1, 0.15) is 65.4 Å². The second kappa shape index (κ2) is 15.2. The van der Waals surface area contributed by atoms with Crippen molar-refractivity contribution in [2.24, 2.45) is 5.41 Å². The molecule has 3 rings (SSSR count). The van der Waals surface area contributed by atoms with Gasteiger partial charge in [-0.3, -0.25) is 4.57 Å². The number of anilines is 1. The molecule has 0 aliphatic rings. The maximum absolute atomic E-state index is 12.6. The molecular formula is C28H46N7O4Si. The van der Waals surface area contributed by atoms with Gasteiger partial charge in [0, 0.05) is 12.3 Å². The van der Waals surface area contributed by atoms with Gasteiger partial charge in [0.25, 0.3) is 0 Å². The lowest BCUT2D eigenvalue weighted by atomic mass is 9.87. The molecule has 3 aromatic rings. The highest BCUT2D eigenvalue weighted by Gasteiger charge is 2.25. The van der Waals surface area contributed by atoms with Gasteiger partial charge < -0.3 is 29.9 Å². The minimum Gasteiger partial charge on any atom is -0.478 e. The quantitative estimate of drug-likeness (QED) is 0.161. The number of aromatic amines is 1. The van der Waals surface area contributed by atoms with Gasteiger partial charge in [0.05, 0.1) is 25.9 Å². The largest absolute Gasteiger partial charge is 0.478 e. The van der Waals surface area contributed by atoms with Crippen LogP contribution in [0.25, 0.3) is 11.2 Å². The predicted octanol–water partition coefficient (Wildman–Crippen LogP) is 4.15. The lowest BCUT2D eigenvalue weighted by molar-refractivity contribution is 0.0786. The number of unbranched alkanes of at least 4 members (excludes halogenated alkanes) is 2. The second-order valence-electron chi connectivity index (χ2n) is 11.3. The monoisotopic (exact) mass is 572 g/mol. The molecule has 4 N–H and O–H groups in total. The number of aromatic nitrogens is 5. The van der Waals surface area contributed by atoms with Crippen LogP contribution >= 0.6 is 0 Å². The zero-order valence-electron chi connectivity index (χ0n) is 24.9. The third-order valence-electron chi connectivity index (χ3n) is 6.42. The fraction of sp³-hybridized carbons (Fsp3) is 0.643. The molecule has 0 saturated heterocycles. The summed E-state index contributed by atoms with van der Waals surface area (Å²) in [6.45, 7) is 16.5. The number of hydrogen-bond acceptors (Lipinski definition) is 9. The van der Waals surface area contributed by atoms with Gasteiger partial charge in [0.2, 0.25) is 14.9 Å². The third kappa shape index (κ3) is 9.60. The first kappa shape index (κ1) is 31.6. The Morgan fingerprint density at radius 3 is 2.55 bits per heavy atom. The summed E-state index contributed by atoms with van der Waals surface area (Å²) in [6.07, 6.45) is 6.83. The highest BCUT2D eigenvalue weighted by Crippen LogP contribution is 2.25. The topological polar surface area (TPSA) is 142 Å². The molecule has 40 heavy (non-hydrogen) atoms. The SMILES string of the molecule is CCCCOc1nc(N)c2[nH]c(=O)n(Cc3ccc(OCCCCNCCC(O[Si](C)C)C(C)(C)C)nc3)c2n1. The van der Waals surface area contributed by atoms with E-state index in [1.807, 2.05) is 12.1 Å². The van der Waals surface area contributed by atoms with E-state index >= 15 is 0 Å². The molecule has 1 atom stereocenters. The van der Waals surface area contributed by atoms with Crippen molar-refractivity contribution in [1.29, 1.82) is 0 Å². The Hall–Kier alpha value is -2.96. The van der Waals surface area contributed by atoms with Crippen LogP contribution in [0.15, 0.2) is 23.1 Å². The Labute approximate surface area is 239 Å². The minimum absolute atomic E-state index is 0.153. The highest BCUT2D eigenvalue weighted by molar-refractivity contribution is 6.48. The van der Waals surface area contributed by atoms with Crippen LogP contribution in [0.3, 0.4) is 0 Å². The molecule has 0 fully saturated rings. The van der Waals surface area contributed by atoms with Gasteiger partial charge in [0.1, 0.15) is 5.52 Å². The van der Waals surface area contributed by atoms with Crippen LogP contribution in [0, 0.1) is 5.41 Å². The second-order valence-corrected chi connectivity index (χ2v) is 13.3. The van der Waals surface area contributed by atoms with Crippen molar-refractivity contribution in [3.63, 3.8) is 0 Å². The van der Waals surface area contributed by atoms with Gasteiger partial charge in [-0.1, -0.05) is 40.2 Å². The molecule has 0 amide bonds. The highest BCUT2D eigenvalue weighted by atomic mass is 28.3. The molecule has 0 spiro atoms. The van der Waals surface area contributed by atoms with E-state index in [0.717, 1.165) is 50.8 Å². The number of imidazole rings is 1. The van der Waals surface area contributed by atoms with Gasteiger partial charge in [0.15, 0.2) is 11.5 Å². The van der Waals surface area contributed by atoms with E-state index in [0.29, 0.717) is 30.3 Å². The van der Waals surface area contributed by atoms with Crippen molar-refractivity contribution in [3.8, 4) is 11.9 Å². The van der Waals surface area contributed by atoms with Crippen LogP contribution in [-0.4, -0.2) is 66.0 Å². The molecule has 0 aromatic carbocycles. The number of H-pyrrole nitrogens is 1. The van der Waals surface area contributed by atoms with Crippen LogP contribution in [-0.2, 0) is 11.0 Å². The average Bonchev–Trinajstić information content (AvgIpc) is 3.20. The molecule has 3 heterocycles. The Balaban J connectivity index is 1.43. The number of hydrogen-bond donors (Lipinski definition) is 3. The van der Waals surface area contributed by atoms with Crippen molar-refractivity contribution < 1.29 is 13.9 Å². The van der Waals surface area contributed by atoms with Crippen molar-refractivity contribution in [2.75, 3.05) is 32.0 Å². The molecule has 0 aliphatic carbocycles. The first-order chi connectivity index (χ1) is 19.1. The number of rotatable bonds is 17. The normalized spacial score (nSPS) is 12.8. The van der Waals surface area contributed by atoms with E-state index in [4.69, 9.17) is 19.6 Å². The lowest BCUT2D eigenvalue weighted by Gasteiger charge is -2.32. The maximum atomic E-state index is 12.6. The van der Waals surface area contributed by atoms with E-state index in [1.165, 1.54) is 4.57 Å². The molecule has 1 radical (unpaired) electrons. The van der Waals surface area contributed by atoms with Crippen LogP contribution < -0.4 is 26.2 Å². The third-order valence-corrected chi connectivity index (χ3v) is 7.18. The average molecular weight is 573 g/mol. The first-order valence-electron chi connectivity index (χ1n) is 14.2. The fourth-order valence-corrected chi connectivity index (χ4v) is 5.20. The molecule has 12 heteroatoms. The molecule has 3 aromatic heterocycles. The number of nitrogen functional groups attached to an aromatic ring is 1. The van der Waals surface area contributed by atoms with E-state index in [-0.39, 0.29) is 35.6 Å². The maximum Gasteiger partial charge on any atom is 0.328 e. The number of nitrogens with two attached hydrogens (primary N) is 1. The zero-order valence-corrected chi connectivity index (χ0v) is 25.9. The molecule has 0 saturated carbocycles. The Morgan fingerprint density at radius 1 is 1.10 bits per heavy atom. The van der Waals surface area contributed by atoms with Crippen molar-refractivity contribution in [3.05, 3.63) is 34.4 Å². The Kier molecular flexibility index (Phi) is 12.0. The van der Waals surface area contributed by atoms with Crippen LogP contribution in [0.2, 0.25) is 13.1 Å². The molecule has 221 valence electrons.